The minimum atomic E-state index is -0.307. The zero-order valence-electron chi connectivity index (χ0n) is 13.9. The standard InChI is InChI=1S/C18H21FN4O2/c19-14-1-3-15(4-2-14)25-12-23-10-7-16(21-23)18(24)20-17-11-22-8-5-13(17)6-9-22/h1-4,7,10,13,17H,5-6,8-9,11-12H2,(H,20,24). The maximum atomic E-state index is 12.9. The Hall–Kier alpha value is -2.41. The molecule has 7 heteroatoms. The van der Waals surface area contributed by atoms with Crippen molar-refractivity contribution in [3.63, 3.8) is 0 Å². The number of hydrogen-bond acceptors (Lipinski definition) is 4. The first-order chi connectivity index (χ1) is 12.2. The molecule has 1 unspecified atom stereocenters. The highest BCUT2D eigenvalue weighted by Crippen LogP contribution is 2.27. The maximum absolute atomic E-state index is 12.9. The second-order valence-electron chi connectivity index (χ2n) is 6.69. The molecular weight excluding hydrogens is 323 g/mol. The summed E-state index contributed by atoms with van der Waals surface area (Å²) in [6, 6.07) is 7.69. The second kappa shape index (κ2) is 6.84. The quantitative estimate of drug-likeness (QED) is 0.900. The third kappa shape index (κ3) is 3.66. The summed E-state index contributed by atoms with van der Waals surface area (Å²) in [6.07, 6.45) is 4.02. The largest absolute Gasteiger partial charge is 0.471 e. The van der Waals surface area contributed by atoms with Gasteiger partial charge in [0.15, 0.2) is 6.73 Å². The van der Waals surface area contributed by atoms with Gasteiger partial charge in [0.25, 0.3) is 5.91 Å². The van der Waals surface area contributed by atoms with Crippen molar-refractivity contribution in [2.75, 3.05) is 19.6 Å². The lowest BCUT2D eigenvalue weighted by atomic mass is 9.84. The van der Waals surface area contributed by atoms with Crippen LogP contribution in [0.3, 0.4) is 0 Å². The van der Waals surface area contributed by atoms with Gasteiger partial charge in [0.2, 0.25) is 0 Å². The van der Waals surface area contributed by atoms with Crippen molar-refractivity contribution in [2.45, 2.75) is 25.6 Å². The molecule has 3 saturated heterocycles. The molecule has 0 aliphatic carbocycles. The number of carbonyl (C=O) groups excluding carboxylic acids is 1. The molecule has 3 aliphatic rings. The van der Waals surface area contributed by atoms with Gasteiger partial charge in [-0.3, -0.25) is 4.79 Å². The minimum absolute atomic E-state index is 0.140. The number of halogens is 1. The van der Waals surface area contributed by atoms with Gasteiger partial charge in [0.05, 0.1) is 0 Å². The molecule has 3 fully saturated rings. The molecule has 6 nitrogen and oxygen atoms in total. The molecule has 0 radical (unpaired) electrons. The zero-order chi connectivity index (χ0) is 17.2. The zero-order valence-corrected chi connectivity index (χ0v) is 13.9. The van der Waals surface area contributed by atoms with Crippen LogP contribution in [0, 0.1) is 11.7 Å². The number of carbonyl (C=O) groups is 1. The third-order valence-electron chi connectivity index (χ3n) is 5.02. The number of rotatable bonds is 5. The maximum Gasteiger partial charge on any atom is 0.272 e. The van der Waals surface area contributed by atoms with Gasteiger partial charge in [-0.2, -0.15) is 5.10 Å². The molecule has 1 aromatic carbocycles. The molecule has 1 amide bonds. The first-order valence-electron chi connectivity index (χ1n) is 8.62. The van der Waals surface area contributed by atoms with Crippen molar-refractivity contribution in [3.05, 3.63) is 48.0 Å². The van der Waals surface area contributed by atoms with Crippen LogP contribution in [0.15, 0.2) is 36.5 Å². The van der Waals surface area contributed by atoms with Gasteiger partial charge in [-0.1, -0.05) is 0 Å². The summed E-state index contributed by atoms with van der Waals surface area (Å²) in [6.45, 7) is 3.39. The highest BCUT2D eigenvalue weighted by molar-refractivity contribution is 5.92. The number of fused-ring (bicyclic) bond motifs is 3. The van der Waals surface area contributed by atoms with Gasteiger partial charge in [-0.05, 0) is 62.2 Å². The Labute approximate surface area is 145 Å². The lowest BCUT2D eigenvalue weighted by Crippen LogP contribution is -2.57. The van der Waals surface area contributed by atoms with Gasteiger partial charge >= 0.3 is 0 Å². The molecule has 1 aromatic heterocycles. The van der Waals surface area contributed by atoms with Crippen molar-refractivity contribution < 1.29 is 13.9 Å². The lowest BCUT2D eigenvalue weighted by molar-refractivity contribution is 0.0617. The van der Waals surface area contributed by atoms with Crippen molar-refractivity contribution in [1.82, 2.24) is 20.0 Å². The highest BCUT2D eigenvalue weighted by Gasteiger charge is 2.35. The number of amides is 1. The fraction of sp³-hybridized carbons (Fsp3) is 0.444. The number of aromatic nitrogens is 2. The van der Waals surface area contributed by atoms with E-state index in [-0.39, 0.29) is 24.5 Å². The van der Waals surface area contributed by atoms with E-state index >= 15 is 0 Å². The van der Waals surface area contributed by atoms with E-state index in [1.807, 2.05) is 0 Å². The minimum Gasteiger partial charge on any atom is -0.471 e. The van der Waals surface area contributed by atoms with Gasteiger partial charge in [0, 0.05) is 18.8 Å². The van der Waals surface area contributed by atoms with Crippen molar-refractivity contribution in [3.8, 4) is 5.75 Å². The molecule has 1 atom stereocenters. The normalized spacial score (nSPS) is 24.9. The van der Waals surface area contributed by atoms with Crippen LogP contribution in [0.5, 0.6) is 5.75 Å². The van der Waals surface area contributed by atoms with E-state index in [1.54, 1.807) is 29.1 Å². The van der Waals surface area contributed by atoms with E-state index in [2.05, 4.69) is 15.3 Å². The molecule has 3 aliphatic heterocycles. The fourth-order valence-electron chi connectivity index (χ4n) is 3.60. The van der Waals surface area contributed by atoms with Crippen molar-refractivity contribution in [1.29, 1.82) is 0 Å². The molecule has 132 valence electrons. The van der Waals surface area contributed by atoms with Crippen LogP contribution in [0.2, 0.25) is 0 Å². The van der Waals surface area contributed by atoms with Crippen LogP contribution in [0.1, 0.15) is 23.3 Å². The number of piperidine rings is 3. The molecular formula is C18H21FN4O2. The first-order valence-corrected chi connectivity index (χ1v) is 8.62. The van der Waals surface area contributed by atoms with Crippen LogP contribution in [0.4, 0.5) is 4.39 Å². The molecule has 0 saturated carbocycles. The SMILES string of the molecule is O=C(NC1CN2CCC1CC2)c1ccn(COc2ccc(F)cc2)n1. The Morgan fingerprint density at radius 3 is 2.68 bits per heavy atom. The molecule has 25 heavy (non-hydrogen) atoms. The molecule has 2 bridgehead atoms. The summed E-state index contributed by atoms with van der Waals surface area (Å²) >= 11 is 0. The van der Waals surface area contributed by atoms with Crippen LogP contribution in [-0.4, -0.2) is 46.3 Å². The lowest BCUT2D eigenvalue weighted by Gasteiger charge is -2.44. The molecule has 1 N–H and O–H groups in total. The van der Waals surface area contributed by atoms with E-state index in [4.69, 9.17) is 4.74 Å². The predicted octanol–water partition coefficient (Wildman–Crippen LogP) is 1.88. The van der Waals surface area contributed by atoms with Crippen molar-refractivity contribution >= 4 is 5.91 Å². The Kier molecular flexibility index (Phi) is 4.40. The second-order valence-corrected chi connectivity index (χ2v) is 6.69. The van der Waals surface area contributed by atoms with Crippen molar-refractivity contribution in [2.24, 2.45) is 5.92 Å². The Balaban J connectivity index is 1.32. The summed E-state index contributed by atoms with van der Waals surface area (Å²) in [4.78, 5) is 14.8. The molecule has 5 rings (SSSR count). The summed E-state index contributed by atoms with van der Waals surface area (Å²) < 4.78 is 19.9. The summed E-state index contributed by atoms with van der Waals surface area (Å²) in [5, 5.41) is 7.38. The van der Waals surface area contributed by atoms with Gasteiger partial charge < -0.3 is 15.0 Å². The number of nitrogens with one attached hydrogen (secondary N) is 1. The van der Waals surface area contributed by atoms with Crippen LogP contribution < -0.4 is 10.1 Å². The van der Waals surface area contributed by atoms with E-state index in [9.17, 15) is 9.18 Å². The third-order valence-corrected chi connectivity index (χ3v) is 5.02. The summed E-state index contributed by atoms with van der Waals surface area (Å²) in [5.74, 6) is 0.686. The monoisotopic (exact) mass is 344 g/mol. The number of hydrogen-bond donors (Lipinski definition) is 1. The van der Waals surface area contributed by atoms with Gasteiger partial charge in [0.1, 0.15) is 17.3 Å². The van der Waals surface area contributed by atoms with Gasteiger partial charge in [-0.25, -0.2) is 9.07 Å². The molecule has 2 aromatic rings. The molecule has 0 spiro atoms. The fourth-order valence-corrected chi connectivity index (χ4v) is 3.60. The van der Waals surface area contributed by atoms with Gasteiger partial charge in [-0.15, -0.1) is 0 Å². The van der Waals surface area contributed by atoms with Crippen LogP contribution >= 0.6 is 0 Å². The van der Waals surface area contributed by atoms with Crippen LogP contribution in [0.25, 0.3) is 0 Å². The number of ether oxygens (including phenoxy) is 1. The van der Waals surface area contributed by atoms with E-state index in [0.29, 0.717) is 17.4 Å². The van der Waals surface area contributed by atoms with E-state index < -0.39 is 0 Å². The Morgan fingerprint density at radius 2 is 2.00 bits per heavy atom. The number of nitrogens with zero attached hydrogens (tertiary/aromatic N) is 3. The summed E-state index contributed by atoms with van der Waals surface area (Å²) in [5.41, 5.74) is 0.388. The van der Waals surface area contributed by atoms with Crippen LogP contribution in [-0.2, 0) is 6.73 Å². The average molecular weight is 344 g/mol. The molecule has 4 heterocycles. The number of benzene rings is 1. The predicted molar refractivity (Wildman–Crippen MR) is 89.7 cm³/mol. The van der Waals surface area contributed by atoms with E-state index in [0.717, 1.165) is 32.5 Å². The first kappa shape index (κ1) is 16.1. The smallest absolute Gasteiger partial charge is 0.272 e. The average Bonchev–Trinajstić information content (AvgIpc) is 3.11. The van der Waals surface area contributed by atoms with E-state index in [1.165, 1.54) is 12.1 Å². The topological polar surface area (TPSA) is 59.4 Å². The Bertz CT molecular complexity index is 738. The Morgan fingerprint density at radius 1 is 1.24 bits per heavy atom. The summed E-state index contributed by atoms with van der Waals surface area (Å²) in [7, 11) is 0. The highest BCUT2D eigenvalue weighted by atomic mass is 19.1.